The van der Waals surface area contributed by atoms with Crippen LogP contribution in [0, 0.1) is 10.7 Å². The van der Waals surface area contributed by atoms with Crippen LogP contribution in [0.4, 0.5) is 0 Å². The fourth-order valence-corrected chi connectivity index (χ4v) is 0.274. The van der Waals surface area contributed by atoms with Gasteiger partial charge < -0.3 is 5.11 Å². The number of nitriles is 1. The van der Waals surface area contributed by atoms with E-state index in [4.69, 9.17) is 10.4 Å². The molecule has 0 heterocycles. The fraction of sp³-hybridized carbons (Fsp3) is 0.667. The van der Waals surface area contributed by atoms with Gasteiger partial charge in [-0.1, -0.05) is 0 Å². The fourth-order valence-electron chi connectivity index (χ4n) is 0.0913. The summed E-state index contributed by atoms with van der Waals surface area (Å²) in [6.07, 6.45) is 0. The van der Waals surface area contributed by atoms with Gasteiger partial charge in [0.2, 0.25) is 0 Å². The van der Waals surface area contributed by atoms with E-state index in [2.05, 4.69) is 0 Å². The molecule has 0 amide bonds. The molecule has 0 fully saturated rings. The number of thiocyanates is 1. The average molecular weight is 103 g/mol. The molecule has 0 saturated heterocycles. The second-order valence-electron chi connectivity index (χ2n) is 0.663. The molecule has 0 bridgehead atoms. The Balaban J connectivity index is 2.54. The third-order valence-electron chi connectivity index (χ3n) is 0.258. The third-order valence-corrected chi connectivity index (χ3v) is 0.774. The zero-order chi connectivity index (χ0) is 4.83. The Bertz CT molecular complexity index is 58.3. The lowest BCUT2D eigenvalue weighted by Crippen LogP contribution is -1.81. The Kier molecular flexibility index (Phi) is 4.64. The summed E-state index contributed by atoms with van der Waals surface area (Å²) in [4.78, 5) is 0. The van der Waals surface area contributed by atoms with Gasteiger partial charge in [0.15, 0.2) is 0 Å². The molecule has 0 aromatic rings. The van der Waals surface area contributed by atoms with Crippen molar-refractivity contribution in [3.63, 3.8) is 0 Å². The van der Waals surface area contributed by atoms with Crippen molar-refractivity contribution in [3.05, 3.63) is 0 Å². The first-order chi connectivity index (χ1) is 2.91. The molecule has 0 aliphatic rings. The van der Waals surface area contributed by atoms with Crippen LogP contribution in [0.15, 0.2) is 0 Å². The van der Waals surface area contributed by atoms with Crippen molar-refractivity contribution >= 4 is 11.8 Å². The number of rotatable bonds is 2. The number of thioether (sulfide) groups is 1. The van der Waals surface area contributed by atoms with Crippen LogP contribution in [0.2, 0.25) is 0 Å². The van der Waals surface area contributed by atoms with Gasteiger partial charge in [0, 0.05) is 5.75 Å². The topological polar surface area (TPSA) is 44.0 Å². The van der Waals surface area contributed by atoms with Gasteiger partial charge in [-0.25, -0.2) is 0 Å². The van der Waals surface area contributed by atoms with Crippen molar-refractivity contribution in [1.82, 2.24) is 0 Å². The lowest BCUT2D eigenvalue weighted by molar-refractivity contribution is 0.323. The highest BCUT2D eigenvalue weighted by Gasteiger charge is 1.75. The third kappa shape index (κ3) is 3.80. The van der Waals surface area contributed by atoms with Gasteiger partial charge in [-0.3, -0.25) is 0 Å². The molecule has 0 unspecified atom stereocenters. The quantitative estimate of drug-likeness (QED) is 0.401. The molecule has 0 atom stereocenters. The van der Waals surface area contributed by atoms with E-state index in [1.807, 2.05) is 5.40 Å². The molecule has 2 nitrogen and oxygen atoms in total. The van der Waals surface area contributed by atoms with Gasteiger partial charge in [-0.15, -0.1) is 0 Å². The van der Waals surface area contributed by atoms with Crippen LogP contribution < -0.4 is 0 Å². The molecule has 0 saturated carbocycles. The summed E-state index contributed by atoms with van der Waals surface area (Å²) in [5.74, 6) is 0.524. The van der Waals surface area contributed by atoms with E-state index < -0.39 is 0 Å². The number of hydrogen-bond acceptors (Lipinski definition) is 3. The molecule has 0 rings (SSSR count). The van der Waals surface area contributed by atoms with Gasteiger partial charge in [0.05, 0.1) is 6.61 Å². The van der Waals surface area contributed by atoms with E-state index in [0.29, 0.717) is 5.75 Å². The molecule has 0 spiro atoms. The predicted octanol–water partition coefficient (Wildman–Crippen LogP) is 0.193. The van der Waals surface area contributed by atoms with E-state index in [-0.39, 0.29) is 6.61 Å². The van der Waals surface area contributed by atoms with Crippen molar-refractivity contribution in [3.8, 4) is 5.40 Å². The highest BCUT2D eigenvalue weighted by Crippen LogP contribution is 1.90. The Morgan fingerprint density at radius 3 is 2.67 bits per heavy atom. The van der Waals surface area contributed by atoms with Gasteiger partial charge >= 0.3 is 0 Å². The molecular formula is C3H5NOS. The van der Waals surface area contributed by atoms with E-state index in [1.54, 1.807) is 0 Å². The lowest BCUT2D eigenvalue weighted by Gasteiger charge is -1.77. The summed E-state index contributed by atoms with van der Waals surface area (Å²) in [7, 11) is 0. The number of aliphatic hydroxyl groups excluding tert-OH is 1. The summed E-state index contributed by atoms with van der Waals surface area (Å²) >= 11 is 1.06. The summed E-state index contributed by atoms with van der Waals surface area (Å²) < 4.78 is 0. The van der Waals surface area contributed by atoms with Crippen molar-refractivity contribution in [2.45, 2.75) is 0 Å². The van der Waals surface area contributed by atoms with Crippen LogP contribution in [0.5, 0.6) is 0 Å². The van der Waals surface area contributed by atoms with Gasteiger partial charge in [-0.05, 0) is 11.8 Å². The molecule has 3 heteroatoms. The zero-order valence-electron chi connectivity index (χ0n) is 3.22. The van der Waals surface area contributed by atoms with E-state index in [1.165, 1.54) is 0 Å². The number of aliphatic hydroxyl groups is 1. The minimum atomic E-state index is 0.0955. The first-order valence-electron chi connectivity index (χ1n) is 1.53. The maximum atomic E-state index is 8.03. The minimum absolute atomic E-state index is 0.0955. The van der Waals surface area contributed by atoms with Crippen molar-refractivity contribution in [2.75, 3.05) is 12.4 Å². The Morgan fingerprint density at radius 1 is 1.83 bits per heavy atom. The van der Waals surface area contributed by atoms with Crippen LogP contribution in [0.3, 0.4) is 0 Å². The maximum Gasteiger partial charge on any atom is 0.133 e. The van der Waals surface area contributed by atoms with Crippen LogP contribution >= 0.6 is 11.8 Å². The zero-order valence-corrected chi connectivity index (χ0v) is 4.03. The average Bonchev–Trinajstić information content (AvgIpc) is 1.61. The predicted molar refractivity (Wildman–Crippen MR) is 25.2 cm³/mol. The van der Waals surface area contributed by atoms with Crippen LogP contribution in [-0.4, -0.2) is 17.5 Å². The molecule has 34 valence electrons. The molecule has 0 aromatic carbocycles. The highest BCUT2D eigenvalue weighted by atomic mass is 32.2. The Labute approximate surface area is 40.8 Å². The van der Waals surface area contributed by atoms with Crippen LogP contribution in [0.25, 0.3) is 0 Å². The highest BCUT2D eigenvalue weighted by molar-refractivity contribution is 8.03. The number of nitrogens with zero attached hydrogens (tertiary/aromatic N) is 1. The normalized spacial score (nSPS) is 7.33. The SMILES string of the molecule is N#CSCCO. The Morgan fingerprint density at radius 2 is 2.50 bits per heavy atom. The molecule has 0 aliphatic heterocycles. The first-order valence-corrected chi connectivity index (χ1v) is 2.52. The minimum Gasteiger partial charge on any atom is -0.395 e. The monoisotopic (exact) mass is 103 g/mol. The summed E-state index contributed by atoms with van der Waals surface area (Å²) in [6.45, 7) is 0.0955. The van der Waals surface area contributed by atoms with E-state index in [9.17, 15) is 0 Å². The maximum absolute atomic E-state index is 8.03. The summed E-state index contributed by atoms with van der Waals surface area (Å²) in [5, 5.41) is 17.6. The molecular weight excluding hydrogens is 98.1 g/mol. The molecule has 0 aromatic heterocycles. The summed E-state index contributed by atoms with van der Waals surface area (Å²) in [6, 6.07) is 0. The largest absolute Gasteiger partial charge is 0.395 e. The van der Waals surface area contributed by atoms with Gasteiger partial charge in [0.25, 0.3) is 0 Å². The Hall–Kier alpha value is -0.200. The first kappa shape index (κ1) is 5.80. The molecule has 1 N–H and O–H groups in total. The second kappa shape index (κ2) is 4.80. The molecule has 0 aliphatic carbocycles. The van der Waals surface area contributed by atoms with E-state index in [0.717, 1.165) is 11.8 Å². The lowest BCUT2D eigenvalue weighted by atomic mass is 10.9. The van der Waals surface area contributed by atoms with Gasteiger partial charge in [0.1, 0.15) is 5.40 Å². The van der Waals surface area contributed by atoms with Crippen molar-refractivity contribution in [1.29, 1.82) is 5.26 Å². The van der Waals surface area contributed by atoms with Crippen LogP contribution in [0.1, 0.15) is 0 Å². The van der Waals surface area contributed by atoms with E-state index >= 15 is 0 Å². The van der Waals surface area contributed by atoms with Crippen molar-refractivity contribution < 1.29 is 5.11 Å². The number of hydrogen-bond donors (Lipinski definition) is 1. The van der Waals surface area contributed by atoms with Crippen LogP contribution in [-0.2, 0) is 0 Å². The standard InChI is InChI=1S/C3H5NOS/c4-3-6-2-1-5/h5H,1-2H2. The second-order valence-corrected chi connectivity index (χ2v) is 1.54. The summed E-state index contributed by atoms with van der Waals surface area (Å²) in [5.41, 5.74) is 0. The van der Waals surface area contributed by atoms with Crippen molar-refractivity contribution in [2.24, 2.45) is 0 Å². The van der Waals surface area contributed by atoms with Gasteiger partial charge in [-0.2, -0.15) is 5.26 Å². The molecule has 0 radical (unpaired) electrons. The smallest absolute Gasteiger partial charge is 0.133 e. The molecule has 6 heavy (non-hydrogen) atoms.